The number of nitrogens with one attached hydrogen (secondary N) is 2. The van der Waals surface area contributed by atoms with E-state index in [0.29, 0.717) is 11.5 Å². The molecule has 2 aromatic rings. The fourth-order valence-electron chi connectivity index (χ4n) is 1.61. The standard InChI is InChI=1S/C14H14N6O3/c1-9-13(21)17-14(20-18-9)19-16-8-10-3-4-11(23-6-5-15)12(7-10)22-2/h3-4,7-8H,6H2,1-2H3,(H2,17,19,20,21)/b16-8-. The minimum absolute atomic E-state index is 0.0647. The van der Waals surface area contributed by atoms with Gasteiger partial charge in [0.05, 0.1) is 13.3 Å². The molecule has 2 rings (SSSR count). The van der Waals surface area contributed by atoms with Crippen LogP contribution < -0.4 is 20.5 Å². The van der Waals surface area contributed by atoms with Crippen molar-refractivity contribution < 1.29 is 9.47 Å². The van der Waals surface area contributed by atoms with Crippen LogP contribution in [0.25, 0.3) is 0 Å². The second-order valence-electron chi connectivity index (χ2n) is 4.32. The van der Waals surface area contributed by atoms with E-state index in [1.165, 1.54) is 13.3 Å². The molecule has 23 heavy (non-hydrogen) atoms. The van der Waals surface area contributed by atoms with Crippen molar-refractivity contribution in [2.24, 2.45) is 5.10 Å². The van der Waals surface area contributed by atoms with Crippen LogP contribution in [-0.4, -0.2) is 35.1 Å². The van der Waals surface area contributed by atoms with E-state index in [-0.39, 0.29) is 23.8 Å². The van der Waals surface area contributed by atoms with Crippen molar-refractivity contribution in [2.45, 2.75) is 6.92 Å². The van der Waals surface area contributed by atoms with Crippen LogP contribution >= 0.6 is 0 Å². The minimum atomic E-state index is -0.335. The maximum atomic E-state index is 11.4. The molecule has 2 N–H and O–H groups in total. The summed E-state index contributed by atoms with van der Waals surface area (Å²) in [6, 6.07) is 6.99. The highest BCUT2D eigenvalue weighted by Crippen LogP contribution is 2.27. The summed E-state index contributed by atoms with van der Waals surface area (Å²) in [7, 11) is 1.50. The molecule has 1 aromatic carbocycles. The first-order chi connectivity index (χ1) is 11.1. The molecule has 0 saturated heterocycles. The second kappa shape index (κ2) is 7.56. The number of aromatic nitrogens is 3. The number of hydrogen-bond donors (Lipinski definition) is 2. The van der Waals surface area contributed by atoms with Crippen LogP contribution in [0.15, 0.2) is 28.1 Å². The van der Waals surface area contributed by atoms with Crippen molar-refractivity contribution in [3.05, 3.63) is 39.8 Å². The van der Waals surface area contributed by atoms with Crippen LogP contribution in [-0.2, 0) is 0 Å². The zero-order valence-electron chi connectivity index (χ0n) is 12.5. The Morgan fingerprint density at radius 3 is 2.96 bits per heavy atom. The summed E-state index contributed by atoms with van der Waals surface area (Å²) in [5, 5.41) is 19.9. The van der Waals surface area contributed by atoms with Gasteiger partial charge in [-0.1, -0.05) is 0 Å². The van der Waals surface area contributed by atoms with E-state index in [1.807, 2.05) is 6.07 Å². The van der Waals surface area contributed by atoms with Gasteiger partial charge in [0.15, 0.2) is 18.1 Å². The minimum Gasteiger partial charge on any atom is -0.493 e. The number of hydrogen-bond acceptors (Lipinski definition) is 8. The molecule has 0 amide bonds. The summed E-state index contributed by atoms with van der Waals surface area (Å²) >= 11 is 0. The molecule has 0 radical (unpaired) electrons. The van der Waals surface area contributed by atoms with Crippen LogP contribution in [0.5, 0.6) is 11.5 Å². The van der Waals surface area contributed by atoms with Crippen molar-refractivity contribution in [3.8, 4) is 17.6 Å². The Morgan fingerprint density at radius 2 is 2.26 bits per heavy atom. The molecule has 1 heterocycles. The van der Waals surface area contributed by atoms with Crippen molar-refractivity contribution in [1.82, 2.24) is 15.2 Å². The highest BCUT2D eigenvalue weighted by Gasteiger charge is 2.04. The smallest absolute Gasteiger partial charge is 0.274 e. The Labute approximate surface area is 131 Å². The van der Waals surface area contributed by atoms with E-state index in [2.05, 4.69) is 25.7 Å². The van der Waals surface area contributed by atoms with Gasteiger partial charge in [0.1, 0.15) is 11.8 Å². The number of anilines is 1. The zero-order valence-corrected chi connectivity index (χ0v) is 12.5. The number of rotatable bonds is 6. The molecule has 0 spiro atoms. The molecule has 0 aliphatic heterocycles. The quantitative estimate of drug-likeness (QED) is 0.597. The van der Waals surface area contributed by atoms with Crippen LogP contribution in [0.1, 0.15) is 11.3 Å². The average molecular weight is 314 g/mol. The summed E-state index contributed by atoms with van der Waals surface area (Å²) in [5.41, 5.74) is 3.24. The summed E-state index contributed by atoms with van der Waals surface area (Å²) in [6.45, 7) is 1.49. The van der Waals surface area contributed by atoms with Crippen LogP contribution in [0.2, 0.25) is 0 Å². The predicted octanol–water partition coefficient (Wildman–Crippen LogP) is 0.830. The number of aromatic amines is 1. The number of hydrazone groups is 1. The molecular weight excluding hydrogens is 300 g/mol. The van der Waals surface area contributed by atoms with Gasteiger partial charge in [-0.15, -0.1) is 10.2 Å². The van der Waals surface area contributed by atoms with Crippen LogP contribution in [0.3, 0.4) is 0 Å². The van der Waals surface area contributed by atoms with E-state index in [1.54, 1.807) is 25.1 Å². The van der Waals surface area contributed by atoms with Gasteiger partial charge in [-0.3, -0.25) is 9.78 Å². The number of H-pyrrole nitrogens is 1. The number of nitriles is 1. The lowest BCUT2D eigenvalue weighted by atomic mass is 10.2. The number of benzene rings is 1. The zero-order chi connectivity index (χ0) is 16.7. The summed E-state index contributed by atoms with van der Waals surface area (Å²) in [4.78, 5) is 13.9. The Kier molecular flexibility index (Phi) is 5.25. The first-order valence-corrected chi connectivity index (χ1v) is 6.54. The lowest BCUT2D eigenvalue weighted by molar-refractivity contribution is 0.329. The van der Waals surface area contributed by atoms with Crippen molar-refractivity contribution in [3.63, 3.8) is 0 Å². The van der Waals surface area contributed by atoms with Gasteiger partial charge in [-0.2, -0.15) is 10.4 Å². The van der Waals surface area contributed by atoms with Gasteiger partial charge in [0, 0.05) is 0 Å². The van der Waals surface area contributed by atoms with E-state index in [9.17, 15) is 4.79 Å². The lowest BCUT2D eigenvalue weighted by Crippen LogP contribution is -2.15. The lowest BCUT2D eigenvalue weighted by Gasteiger charge is -2.08. The number of aryl methyl sites for hydroxylation is 1. The van der Waals surface area contributed by atoms with Crippen LogP contribution in [0, 0.1) is 18.3 Å². The van der Waals surface area contributed by atoms with Crippen molar-refractivity contribution >= 4 is 12.2 Å². The van der Waals surface area contributed by atoms with Gasteiger partial charge in [-0.05, 0) is 30.7 Å². The molecule has 1 aromatic heterocycles. The van der Waals surface area contributed by atoms with Crippen LogP contribution in [0.4, 0.5) is 5.95 Å². The first kappa shape index (κ1) is 16.0. The number of methoxy groups -OCH3 is 1. The highest BCUT2D eigenvalue weighted by atomic mass is 16.5. The maximum absolute atomic E-state index is 11.4. The molecule has 118 valence electrons. The van der Waals surface area contributed by atoms with Gasteiger partial charge in [0.25, 0.3) is 5.56 Å². The van der Waals surface area contributed by atoms with E-state index in [0.717, 1.165) is 5.56 Å². The number of nitrogens with zero attached hydrogens (tertiary/aromatic N) is 4. The predicted molar refractivity (Wildman–Crippen MR) is 82.7 cm³/mol. The fourth-order valence-corrected chi connectivity index (χ4v) is 1.61. The molecule has 0 aliphatic carbocycles. The Morgan fingerprint density at radius 1 is 1.43 bits per heavy atom. The molecule has 9 heteroatoms. The molecule has 9 nitrogen and oxygen atoms in total. The second-order valence-corrected chi connectivity index (χ2v) is 4.32. The van der Waals surface area contributed by atoms with E-state index < -0.39 is 0 Å². The molecule has 0 atom stereocenters. The Hall–Kier alpha value is -3.41. The molecule has 0 aliphatic rings. The van der Waals surface area contributed by atoms with Gasteiger partial charge in [0.2, 0.25) is 5.95 Å². The van der Waals surface area contributed by atoms with Crippen molar-refractivity contribution in [2.75, 3.05) is 19.1 Å². The SMILES string of the molecule is COc1cc(/C=N\Nc2nnc(C)c(=O)[nH]2)ccc1OCC#N. The summed E-state index contributed by atoms with van der Waals surface area (Å²) in [5.74, 6) is 1.08. The fraction of sp³-hybridized carbons (Fsp3) is 0.214. The molecule has 0 fully saturated rings. The number of ether oxygens (including phenoxy) is 2. The highest BCUT2D eigenvalue weighted by molar-refractivity contribution is 5.81. The average Bonchev–Trinajstić information content (AvgIpc) is 2.56. The van der Waals surface area contributed by atoms with Gasteiger partial charge < -0.3 is 9.47 Å². The maximum Gasteiger partial charge on any atom is 0.274 e. The summed E-state index contributed by atoms with van der Waals surface area (Å²) in [6.07, 6.45) is 1.51. The van der Waals surface area contributed by atoms with Gasteiger partial charge in [-0.25, -0.2) is 5.43 Å². The van der Waals surface area contributed by atoms with E-state index in [4.69, 9.17) is 14.7 Å². The monoisotopic (exact) mass is 314 g/mol. The normalized spacial score (nSPS) is 10.3. The summed E-state index contributed by atoms with van der Waals surface area (Å²) < 4.78 is 10.4. The Balaban J connectivity index is 2.08. The molecule has 0 bridgehead atoms. The topological polar surface area (TPSA) is 125 Å². The third kappa shape index (κ3) is 4.28. The largest absolute Gasteiger partial charge is 0.493 e. The first-order valence-electron chi connectivity index (χ1n) is 6.54. The third-order valence-corrected chi connectivity index (χ3v) is 2.72. The van der Waals surface area contributed by atoms with Gasteiger partial charge >= 0.3 is 0 Å². The van der Waals surface area contributed by atoms with E-state index >= 15 is 0 Å². The molecule has 0 saturated carbocycles. The molecule has 0 unspecified atom stereocenters. The van der Waals surface area contributed by atoms with Crippen molar-refractivity contribution in [1.29, 1.82) is 5.26 Å². The Bertz CT molecular complexity index is 809. The third-order valence-electron chi connectivity index (χ3n) is 2.72. The molecular formula is C14H14N6O3.